The summed E-state index contributed by atoms with van der Waals surface area (Å²) in [4.78, 5) is 21.7. The van der Waals surface area contributed by atoms with Gasteiger partial charge in [0.1, 0.15) is 5.75 Å². The van der Waals surface area contributed by atoms with E-state index in [9.17, 15) is 19.3 Å². The van der Waals surface area contributed by atoms with E-state index in [0.717, 1.165) is 23.4 Å². The second-order valence-electron chi connectivity index (χ2n) is 5.22. The van der Waals surface area contributed by atoms with Crippen LogP contribution in [0.2, 0.25) is 0 Å². The Kier molecular flexibility index (Phi) is 6.27. The van der Waals surface area contributed by atoms with Crippen molar-refractivity contribution in [1.82, 2.24) is 5.32 Å². The molecule has 2 N–H and O–H groups in total. The zero-order valence-corrected chi connectivity index (χ0v) is 13.6. The number of methoxy groups -OCH3 is 1. The number of nitro groups is 1. The molecule has 1 amide bonds. The van der Waals surface area contributed by atoms with Gasteiger partial charge in [-0.1, -0.05) is 12.1 Å². The van der Waals surface area contributed by atoms with Gasteiger partial charge < -0.3 is 15.4 Å². The molecular weight excluding hydrogens is 329 g/mol. The van der Waals surface area contributed by atoms with E-state index in [1.165, 1.54) is 6.07 Å². The smallest absolute Gasteiger partial charge is 0.306 e. The van der Waals surface area contributed by atoms with Gasteiger partial charge in [0.15, 0.2) is 0 Å². The summed E-state index contributed by atoms with van der Waals surface area (Å²) in [7, 11) is 1.60. The lowest BCUT2D eigenvalue weighted by molar-refractivity contribution is -0.387. The number of hydrogen-bond donors (Lipinski definition) is 2. The van der Waals surface area contributed by atoms with Crippen molar-refractivity contribution in [3.63, 3.8) is 0 Å². The van der Waals surface area contributed by atoms with Gasteiger partial charge >= 0.3 is 5.69 Å². The SMILES string of the molecule is COc1ccc(CCNC(=O)CNc2ccc(F)c([N+](=O)[O-])c2)cc1. The summed E-state index contributed by atoms with van der Waals surface area (Å²) in [6.45, 7) is 0.391. The Labute approximate surface area is 144 Å². The highest BCUT2D eigenvalue weighted by atomic mass is 19.1. The molecule has 0 aliphatic heterocycles. The maximum absolute atomic E-state index is 13.2. The molecular formula is C17H18FN3O4. The summed E-state index contributed by atoms with van der Waals surface area (Å²) in [5.41, 5.74) is 0.728. The summed E-state index contributed by atoms with van der Waals surface area (Å²) < 4.78 is 18.3. The minimum atomic E-state index is -0.917. The molecule has 0 radical (unpaired) electrons. The van der Waals surface area contributed by atoms with E-state index < -0.39 is 16.4 Å². The van der Waals surface area contributed by atoms with Crippen LogP contribution in [-0.2, 0) is 11.2 Å². The minimum Gasteiger partial charge on any atom is -0.497 e. The van der Waals surface area contributed by atoms with Gasteiger partial charge in [-0.2, -0.15) is 4.39 Å². The first-order chi connectivity index (χ1) is 12.0. The molecule has 2 aromatic rings. The van der Waals surface area contributed by atoms with Crippen LogP contribution < -0.4 is 15.4 Å². The molecule has 0 aliphatic rings. The highest BCUT2D eigenvalue weighted by Gasteiger charge is 2.14. The van der Waals surface area contributed by atoms with Crippen LogP contribution in [0, 0.1) is 15.9 Å². The number of anilines is 1. The summed E-state index contributed by atoms with van der Waals surface area (Å²) in [6.07, 6.45) is 0.664. The van der Waals surface area contributed by atoms with Gasteiger partial charge in [0.05, 0.1) is 18.6 Å². The average molecular weight is 347 g/mol. The summed E-state index contributed by atoms with van der Waals surface area (Å²) in [5, 5.41) is 16.1. The molecule has 0 atom stereocenters. The molecule has 132 valence electrons. The molecule has 0 aliphatic carbocycles. The van der Waals surface area contributed by atoms with Crippen molar-refractivity contribution in [2.24, 2.45) is 0 Å². The molecule has 25 heavy (non-hydrogen) atoms. The summed E-state index contributed by atoms with van der Waals surface area (Å²) >= 11 is 0. The lowest BCUT2D eigenvalue weighted by Gasteiger charge is -2.08. The van der Waals surface area contributed by atoms with E-state index in [1.807, 2.05) is 24.3 Å². The quantitative estimate of drug-likeness (QED) is 0.565. The fourth-order valence-corrected chi connectivity index (χ4v) is 2.15. The molecule has 0 aromatic heterocycles. The number of benzene rings is 2. The number of nitrogens with one attached hydrogen (secondary N) is 2. The monoisotopic (exact) mass is 347 g/mol. The van der Waals surface area contributed by atoms with Gasteiger partial charge in [0.2, 0.25) is 11.7 Å². The number of ether oxygens (including phenoxy) is 1. The van der Waals surface area contributed by atoms with Gasteiger partial charge in [-0.25, -0.2) is 0 Å². The number of hydrogen-bond acceptors (Lipinski definition) is 5. The topological polar surface area (TPSA) is 93.5 Å². The zero-order chi connectivity index (χ0) is 18.2. The maximum atomic E-state index is 13.2. The van der Waals surface area contributed by atoms with Gasteiger partial charge in [-0.15, -0.1) is 0 Å². The van der Waals surface area contributed by atoms with E-state index in [2.05, 4.69) is 10.6 Å². The molecule has 0 saturated carbocycles. The maximum Gasteiger partial charge on any atom is 0.306 e. The van der Waals surface area contributed by atoms with Crippen LogP contribution in [0.5, 0.6) is 5.75 Å². The van der Waals surface area contributed by atoms with Crippen LogP contribution in [0.4, 0.5) is 15.8 Å². The average Bonchev–Trinajstić information content (AvgIpc) is 2.61. The Morgan fingerprint density at radius 1 is 1.24 bits per heavy atom. The van der Waals surface area contributed by atoms with Crippen molar-refractivity contribution in [3.8, 4) is 5.75 Å². The van der Waals surface area contributed by atoms with Crippen LogP contribution in [0.1, 0.15) is 5.56 Å². The number of rotatable bonds is 8. The van der Waals surface area contributed by atoms with Crippen molar-refractivity contribution in [1.29, 1.82) is 0 Å². The highest BCUT2D eigenvalue weighted by Crippen LogP contribution is 2.21. The van der Waals surface area contributed by atoms with E-state index >= 15 is 0 Å². The first-order valence-corrected chi connectivity index (χ1v) is 7.57. The van der Waals surface area contributed by atoms with Gasteiger partial charge in [0, 0.05) is 18.3 Å². The molecule has 0 heterocycles. The Morgan fingerprint density at radius 2 is 1.96 bits per heavy atom. The number of carbonyl (C=O) groups is 1. The van der Waals surface area contributed by atoms with Crippen LogP contribution in [0.25, 0.3) is 0 Å². The standard InChI is InChI=1S/C17H18FN3O4/c1-25-14-5-2-12(3-6-14)8-9-19-17(22)11-20-13-4-7-15(18)16(10-13)21(23)24/h2-7,10,20H,8-9,11H2,1H3,(H,19,22). The van der Waals surface area contributed by atoms with Crippen LogP contribution >= 0.6 is 0 Å². The molecule has 2 aromatic carbocycles. The number of nitrogens with zero attached hydrogens (tertiary/aromatic N) is 1. The highest BCUT2D eigenvalue weighted by molar-refractivity contribution is 5.80. The van der Waals surface area contributed by atoms with Crippen molar-refractivity contribution in [2.75, 3.05) is 25.5 Å². The molecule has 7 nitrogen and oxygen atoms in total. The minimum absolute atomic E-state index is 0.0641. The third-order valence-electron chi connectivity index (χ3n) is 3.49. The van der Waals surface area contributed by atoms with E-state index in [4.69, 9.17) is 4.74 Å². The van der Waals surface area contributed by atoms with E-state index in [1.54, 1.807) is 7.11 Å². The van der Waals surface area contributed by atoms with Crippen LogP contribution in [0.15, 0.2) is 42.5 Å². The fourth-order valence-electron chi connectivity index (χ4n) is 2.15. The van der Waals surface area contributed by atoms with E-state index in [-0.39, 0.29) is 12.5 Å². The first kappa shape index (κ1) is 18.2. The van der Waals surface area contributed by atoms with Gasteiger partial charge in [-0.05, 0) is 36.2 Å². The van der Waals surface area contributed by atoms with Crippen molar-refractivity contribution in [2.45, 2.75) is 6.42 Å². The Hall–Kier alpha value is -3.16. The third kappa shape index (κ3) is 5.45. The van der Waals surface area contributed by atoms with Gasteiger partial charge in [-0.3, -0.25) is 14.9 Å². The lowest BCUT2D eigenvalue weighted by atomic mass is 10.1. The third-order valence-corrected chi connectivity index (χ3v) is 3.49. The first-order valence-electron chi connectivity index (χ1n) is 7.57. The number of nitro benzene ring substituents is 1. The second-order valence-corrected chi connectivity index (χ2v) is 5.22. The van der Waals surface area contributed by atoms with Crippen molar-refractivity contribution in [3.05, 3.63) is 64.0 Å². The molecule has 0 saturated heterocycles. The van der Waals surface area contributed by atoms with Crippen molar-refractivity contribution < 1.29 is 18.8 Å². The summed E-state index contributed by atoms with van der Waals surface area (Å²) in [6, 6.07) is 10.9. The summed E-state index contributed by atoms with van der Waals surface area (Å²) in [5.74, 6) is -0.412. The van der Waals surface area contributed by atoms with Gasteiger partial charge in [0.25, 0.3) is 0 Å². The largest absolute Gasteiger partial charge is 0.497 e. The van der Waals surface area contributed by atoms with Crippen LogP contribution in [0.3, 0.4) is 0 Å². The predicted molar refractivity (Wildman–Crippen MR) is 91.3 cm³/mol. The number of amides is 1. The van der Waals surface area contributed by atoms with E-state index in [0.29, 0.717) is 18.7 Å². The lowest BCUT2D eigenvalue weighted by Crippen LogP contribution is -2.31. The molecule has 0 spiro atoms. The fraction of sp³-hybridized carbons (Fsp3) is 0.235. The predicted octanol–water partition coefficient (Wildman–Crippen LogP) is 2.51. The van der Waals surface area contributed by atoms with Crippen molar-refractivity contribution >= 4 is 17.3 Å². The number of halogens is 1. The molecule has 2 rings (SSSR count). The Balaban J connectivity index is 1.77. The zero-order valence-electron chi connectivity index (χ0n) is 13.6. The van der Waals surface area contributed by atoms with Crippen LogP contribution in [-0.4, -0.2) is 31.0 Å². The normalized spacial score (nSPS) is 10.2. The molecule has 0 unspecified atom stereocenters. The molecule has 0 fully saturated rings. The molecule has 0 bridgehead atoms. The second kappa shape index (κ2) is 8.62. The number of carbonyl (C=O) groups excluding carboxylic acids is 1. The molecule has 8 heteroatoms. The Morgan fingerprint density at radius 3 is 2.60 bits per heavy atom. The Bertz CT molecular complexity index is 750.